The molecule has 6 nitrogen and oxygen atoms in total. The number of aliphatic hydroxyl groups is 1. The van der Waals surface area contributed by atoms with Gasteiger partial charge in [-0.05, 0) is 84.4 Å². The average molecular weight is 612 g/mol. The molecule has 0 bridgehead atoms. The first-order valence-corrected chi connectivity index (χ1v) is 14.6. The lowest BCUT2D eigenvalue weighted by Gasteiger charge is -2.24. The van der Waals surface area contributed by atoms with Gasteiger partial charge in [0.2, 0.25) is 10.4 Å². The third kappa shape index (κ3) is 10.0. The Kier molecular flexibility index (Phi) is 12.7. The molecule has 0 radical (unpaired) electrons. The van der Waals surface area contributed by atoms with Crippen LogP contribution in [0.1, 0.15) is 63.2 Å². The van der Waals surface area contributed by atoms with E-state index in [0.29, 0.717) is 43.6 Å². The van der Waals surface area contributed by atoms with Gasteiger partial charge in [0, 0.05) is 22.0 Å². The Balaban J connectivity index is 0.000000798. The average Bonchev–Trinajstić information content (AvgIpc) is 2.86. The van der Waals surface area contributed by atoms with Gasteiger partial charge in [0.25, 0.3) is 0 Å². The lowest BCUT2D eigenvalue weighted by molar-refractivity contribution is -0.137. The van der Waals surface area contributed by atoms with Crippen molar-refractivity contribution in [3.63, 3.8) is 0 Å². The number of halogens is 5. The van der Waals surface area contributed by atoms with Crippen LogP contribution in [-0.4, -0.2) is 49.7 Å². The van der Waals surface area contributed by atoms with Crippen LogP contribution in [0.2, 0.25) is 10.0 Å². The van der Waals surface area contributed by atoms with Crippen LogP contribution >= 0.6 is 23.2 Å². The number of aliphatic hydroxyl groups excluding tert-OH is 1. The molecule has 0 aliphatic carbocycles. The lowest BCUT2D eigenvalue weighted by Crippen LogP contribution is -2.28. The molecule has 1 N–H and O–H groups in total. The molecule has 39 heavy (non-hydrogen) atoms. The van der Waals surface area contributed by atoms with Gasteiger partial charge in [-0.2, -0.15) is 13.2 Å². The second kappa shape index (κ2) is 14.8. The van der Waals surface area contributed by atoms with Crippen molar-refractivity contribution in [3.05, 3.63) is 57.6 Å². The lowest BCUT2D eigenvalue weighted by atomic mass is 9.92. The second-order valence-corrected chi connectivity index (χ2v) is 11.1. The second-order valence-electron chi connectivity index (χ2n) is 9.13. The Bertz CT molecular complexity index is 1340. The Hall–Kier alpha value is -1.66. The molecule has 0 saturated carbocycles. The van der Waals surface area contributed by atoms with E-state index >= 15 is 0 Å². The van der Waals surface area contributed by atoms with Crippen molar-refractivity contribution in [1.29, 1.82) is 0 Å². The highest BCUT2D eigenvalue weighted by Gasteiger charge is 2.31. The maximum absolute atomic E-state index is 13.4. The van der Waals surface area contributed by atoms with Crippen LogP contribution in [0.15, 0.2) is 36.4 Å². The number of unbranched alkanes of at least 4 members (excludes halogenated alkanes) is 2. The summed E-state index contributed by atoms with van der Waals surface area (Å²) in [5.41, 5.74) is -0.161. The first-order chi connectivity index (χ1) is 18.2. The zero-order valence-electron chi connectivity index (χ0n) is 22.0. The normalized spacial score (nSPS) is 13.1. The summed E-state index contributed by atoms with van der Waals surface area (Å²) in [5.74, 6) is 0. The maximum atomic E-state index is 13.4. The van der Waals surface area contributed by atoms with Gasteiger partial charge in [0.15, 0.2) is 0 Å². The van der Waals surface area contributed by atoms with Crippen LogP contribution in [0.5, 0.6) is 0 Å². The Morgan fingerprint density at radius 3 is 2.03 bits per heavy atom. The van der Waals surface area contributed by atoms with Crippen LogP contribution in [-0.2, 0) is 20.8 Å². The first-order valence-electron chi connectivity index (χ1n) is 12.6. The van der Waals surface area contributed by atoms with E-state index in [9.17, 15) is 31.2 Å². The van der Waals surface area contributed by atoms with Gasteiger partial charge in [-0.1, -0.05) is 56.0 Å². The van der Waals surface area contributed by atoms with E-state index in [4.69, 9.17) is 23.2 Å². The van der Waals surface area contributed by atoms with E-state index in [1.54, 1.807) is 18.2 Å². The van der Waals surface area contributed by atoms with Gasteiger partial charge in [0.05, 0.1) is 18.8 Å². The summed E-state index contributed by atoms with van der Waals surface area (Å²) in [7, 11) is -3.60. The van der Waals surface area contributed by atoms with E-state index in [1.807, 2.05) is 0 Å². The quantitative estimate of drug-likeness (QED) is 0.136. The minimum Gasteiger partial charge on any atom is -0.726 e. The smallest absolute Gasteiger partial charge is 0.416 e. The largest absolute Gasteiger partial charge is 0.726 e. The van der Waals surface area contributed by atoms with Crippen molar-refractivity contribution in [2.24, 2.45) is 0 Å². The molecule has 3 aromatic carbocycles. The molecule has 3 aromatic rings. The summed E-state index contributed by atoms with van der Waals surface area (Å²) in [5, 5.41) is 13.9. The molecular formula is C27H33Cl2F3NO5S-. The fraction of sp³-hybridized carbons (Fsp3) is 0.481. The molecule has 1 unspecified atom stereocenters. The highest BCUT2D eigenvalue weighted by atomic mass is 35.5. The molecule has 0 saturated heterocycles. The number of hydrogen-bond acceptors (Lipinski definition) is 6. The minimum absolute atomic E-state index is 0.345. The van der Waals surface area contributed by atoms with Crippen LogP contribution in [0, 0.1) is 0 Å². The number of fused-ring (bicyclic) bond motifs is 3. The van der Waals surface area contributed by atoms with Crippen molar-refractivity contribution in [3.8, 4) is 0 Å². The van der Waals surface area contributed by atoms with E-state index in [0.717, 1.165) is 64.6 Å². The molecule has 0 spiro atoms. The van der Waals surface area contributed by atoms with Crippen LogP contribution < -0.4 is 0 Å². The van der Waals surface area contributed by atoms with Crippen molar-refractivity contribution < 1.29 is 35.4 Å². The Morgan fingerprint density at radius 1 is 0.949 bits per heavy atom. The van der Waals surface area contributed by atoms with Crippen molar-refractivity contribution in [1.82, 2.24) is 4.90 Å². The SMILES string of the molecule is CCCCN(CCCC)CCC(O)c1cc2c(Cl)cc(Cl)cc2c2cc(C(F)(F)F)ccc12.COS(=O)(=O)[O-]. The summed E-state index contributed by atoms with van der Waals surface area (Å²) in [6.07, 6.45) is -0.431. The third-order valence-corrected chi connectivity index (χ3v) is 7.22. The zero-order valence-corrected chi connectivity index (χ0v) is 24.4. The Morgan fingerprint density at radius 2 is 1.51 bits per heavy atom. The maximum Gasteiger partial charge on any atom is 0.416 e. The van der Waals surface area contributed by atoms with Gasteiger partial charge in [0.1, 0.15) is 0 Å². The standard InChI is InChI=1S/C26H30Cl2F3NO.CH4O4S/c1-3-5-10-32(11-6-4-2)12-9-25(33)23-16-22-21(14-18(27)15-24(22)28)20-13-17(26(29,30)31)7-8-19(20)23;1-5-6(2,3)4/h7-8,13-16,25,33H,3-6,9-12H2,1-2H3;1H3,(H,2,3,4)/p-1. The van der Waals surface area contributed by atoms with Crippen molar-refractivity contribution >= 4 is 55.1 Å². The highest BCUT2D eigenvalue weighted by molar-refractivity contribution is 7.80. The Labute approximate surface area is 237 Å². The molecule has 1 atom stereocenters. The van der Waals surface area contributed by atoms with E-state index in [2.05, 4.69) is 22.9 Å². The van der Waals surface area contributed by atoms with Gasteiger partial charge in [-0.25, -0.2) is 8.42 Å². The highest BCUT2D eigenvalue weighted by Crippen LogP contribution is 2.40. The van der Waals surface area contributed by atoms with Crippen molar-refractivity contribution in [2.45, 2.75) is 58.2 Å². The molecule has 12 heteroatoms. The topological polar surface area (TPSA) is 89.9 Å². The zero-order chi connectivity index (χ0) is 29.4. The molecule has 0 heterocycles. The van der Waals surface area contributed by atoms with Crippen molar-refractivity contribution in [2.75, 3.05) is 26.7 Å². The molecule has 0 aliphatic rings. The molecule has 0 aliphatic heterocycles. The summed E-state index contributed by atoms with van der Waals surface area (Å²) in [6, 6.07) is 8.60. The van der Waals surface area contributed by atoms with Crippen LogP contribution in [0.4, 0.5) is 13.2 Å². The molecule has 0 fully saturated rings. The fourth-order valence-corrected chi connectivity index (χ4v) is 4.77. The predicted molar refractivity (Wildman–Crippen MR) is 149 cm³/mol. The minimum atomic E-state index is -4.48. The van der Waals surface area contributed by atoms with E-state index in [-0.39, 0.29) is 0 Å². The molecule has 0 amide bonds. The van der Waals surface area contributed by atoms with E-state index < -0.39 is 28.2 Å². The number of nitrogens with zero attached hydrogens (tertiary/aromatic N) is 1. The van der Waals surface area contributed by atoms with E-state index in [1.165, 1.54) is 6.07 Å². The molecule has 218 valence electrons. The van der Waals surface area contributed by atoms with Crippen LogP contribution in [0.3, 0.4) is 0 Å². The summed E-state index contributed by atoms with van der Waals surface area (Å²) in [4.78, 5) is 2.36. The van der Waals surface area contributed by atoms with Gasteiger partial charge in [-0.3, -0.25) is 4.18 Å². The monoisotopic (exact) mass is 610 g/mol. The summed E-state index contributed by atoms with van der Waals surface area (Å²) < 4.78 is 71.3. The van der Waals surface area contributed by atoms with Gasteiger partial charge in [-0.15, -0.1) is 0 Å². The van der Waals surface area contributed by atoms with Gasteiger partial charge < -0.3 is 14.6 Å². The molecule has 3 rings (SSSR count). The number of hydrogen-bond donors (Lipinski definition) is 1. The van der Waals surface area contributed by atoms with Gasteiger partial charge >= 0.3 is 6.18 Å². The number of benzene rings is 3. The number of alkyl halides is 3. The molecule has 0 aromatic heterocycles. The third-order valence-electron chi connectivity index (χ3n) is 6.28. The summed E-state index contributed by atoms with van der Waals surface area (Å²) >= 11 is 12.6. The first kappa shape index (κ1) is 33.5. The fourth-order valence-electron chi connectivity index (χ4n) is 4.22. The molecular weight excluding hydrogens is 578 g/mol. The number of rotatable bonds is 11. The van der Waals surface area contributed by atoms with Crippen LogP contribution in [0.25, 0.3) is 21.5 Å². The summed E-state index contributed by atoms with van der Waals surface area (Å²) in [6.45, 7) is 6.97. The predicted octanol–water partition coefficient (Wildman–Crippen LogP) is 7.74.